The van der Waals surface area contributed by atoms with Gasteiger partial charge in [-0.1, -0.05) is 0 Å². The van der Waals surface area contributed by atoms with Gasteiger partial charge in [-0.2, -0.15) is 13.2 Å². The molecule has 0 aliphatic carbocycles. The molecule has 1 aliphatic heterocycles. The number of aryl methyl sites for hydroxylation is 1. The number of imidazole rings is 1. The average molecular weight is 348 g/mol. The molecule has 2 amide bonds. The number of alkyl halides is 3. The molecule has 2 rings (SSSR count). The van der Waals surface area contributed by atoms with Gasteiger partial charge in [0.1, 0.15) is 5.82 Å². The lowest BCUT2D eigenvalue weighted by Crippen LogP contribution is -2.43. The summed E-state index contributed by atoms with van der Waals surface area (Å²) in [5, 5.41) is 14.3. The Labute approximate surface area is 138 Å². The zero-order valence-corrected chi connectivity index (χ0v) is 13.6. The van der Waals surface area contributed by atoms with E-state index in [0.717, 1.165) is 6.20 Å². The molecule has 0 saturated carbocycles. The third kappa shape index (κ3) is 5.12. The number of rotatable bonds is 6. The Hall–Kier alpha value is -1.77. The highest BCUT2D eigenvalue weighted by Crippen LogP contribution is 2.30. The fraction of sp³-hybridized carbons (Fsp3) is 0.733. The first-order valence-corrected chi connectivity index (χ1v) is 8.08. The van der Waals surface area contributed by atoms with Crippen molar-refractivity contribution in [3.63, 3.8) is 0 Å². The Kier molecular flexibility index (Phi) is 6.09. The summed E-state index contributed by atoms with van der Waals surface area (Å²) in [4.78, 5) is 15.4. The van der Waals surface area contributed by atoms with Crippen LogP contribution >= 0.6 is 0 Å². The molecule has 0 radical (unpaired) electrons. The number of amides is 2. The second kappa shape index (κ2) is 7.87. The molecule has 1 aromatic heterocycles. The number of hydrogen-bond acceptors (Lipinski definition) is 3. The van der Waals surface area contributed by atoms with Crippen LogP contribution in [0.2, 0.25) is 0 Å². The fourth-order valence-electron chi connectivity index (χ4n) is 2.80. The van der Waals surface area contributed by atoms with Crippen molar-refractivity contribution in [3.8, 4) is 0 Å². The Balaban J connectivity index is 1.79. The lowest BCUT2D eigenvalue weighted by atomic mass is 9.99. The Morgan fingerprint density at radius 3 is 2.96 bits per heavy atom. The van der Waals surface area contributed by atoms with Crippen LogP contribution < -0.4 is 10.6 Å². The summed E-state index contributed by atoms with van der Waals surface area (Å²) in [5.41, 5.74) is -0.860. The molecule has 1 aromatic rings. The quantitative estimate of drug-likeness (QED) is 0.735. The van der Waals surface area contributed by atoms with Gasteiger partial charge >= 0.3 is 12.2 Å². The first-order chi connectivity index (χ1) is 11.3. The van der Waals surface area contributed by atoms with E-state index in [4.69, 9.17) is 5.11 Å². The molecule has 2 atom stereocenters. The summed E-state index contributed by atoms with van der Waals surface area (Å²) in [5.74, 6) is 0.520. The third-order valence-electron chi connectivity index (χ3n) is 4.10. The van der Waals surface area contributed by atoms with Crippen LogP contribution in [0.1, 0.15) is 37.7 Å². The second-order valence-corrected chi connectivity index (χ2v) is 6.22. The molecule has 24 heavy (non-hydrogen) atoms. The Morgan fingerprint density at radius 2 is 2.29 bits per heavy atom. The van der Waals surface area contributed by atoms with E-state index in [0.29, 0.717) is 44.6 Å². The molecule has 0 spiro atoms. The minimum absolute atomic E-state index is 0.0434. The summed E-state index contributed by atoms with van der Waals surface area (Å²) in [6, 6.07) is -0.342. The number of urea groups is 1. The van der Waals surface area contributed by atoms with Crippen LogP contribution in [0.5, 0.6) is 0 Å². The monoisotopic (exact) mass is 348 g/mol. The number of carbonyl (C=O) groups excluding carboxylic acids is 1. The Bertz CT molecular complexity index is 559. The van der Waals surface area contributed by atoms with E-state index in [2.05, 4.69) is 15.6 Å². The highest BCUT2D eigenvalue weighted by Gasteiger charge is 2.35. The molecule has 3 N–H and O–H groups in total. The van der Waals surface area contributed by atoms with Crippen LogP contribution in [-0.4, -0.2) is 39.9 Å². The molecule has 1 aliphatic rings. The number of halogens is 3. The largest absolute Gasteiger partial charge is 0.434 e. The highest BCUT2D eigenvalue weighted by atomic mass is 19.4. The minimum atomic E-state index is -4.43. The summed E-state index contributed by atoms with van der Waals surface area (Å²) in [6.07, 6.45) is -0.923. The van der Waals surface area contributed by atoms with Crippen molar-refractivity contribution >= 4 is 6.03 Å². The normalized spacial score (nSPS) is 18.8. The van der Waals surface area contributed by atoms with E-state index < -0.39 is 11.9 Å². The second-order valence-electron chi connectivity index (χ2n) is 6.22. The zero-order chi connectivity index (χ0) is 17.7. The van der Waals surface area contributed by atoms with E-state index in [1.165, 1.54) is 4.57 Å². The topological polar surface area (TPSA) is 79.2 Å². The first kappa shape index (κ1) is 18.6. The average Bonchev–Trinajstić information content (AvgIpc) is 2.94. The lowest BCUT2D eigenvalue weighted by molar-refractivity contribution is -0.141. The summed E-state index contributed by atoms with van der Waals surface area (Å²) >= 11 is 0. The van der Waals surface area contributed by atoms with Gasteiger partial charge in [-0.15, -0.1) is 0 Å². The van der Waals surface area contributed by atoms with Crippen LogP contribution in [0.25, 0.3) is 0 Å². The maximum atomic E-state index is 12.7. The highest BCUT2D eigenvalue weighted by molar-refractivity contribution is 5.74. The van der Waals surface area contributed by atoms with Crippen LogP contribution in [0, 0.1) is 5.92 Å². The van der Waals surface area contributed by atoms with Crippen LogP contribution in [0.15, 0.2) is 6.20 Å². The lowest BCUT2D eigenvalue weighted by Gasteiger charge is -2.24. The van der Waals surface area contributed by atoms with Crippen LogP contribution in [0.3, 0.4) is 0 Å². The molecule has 0 bridgehead atoms. The number of nitrogens with zero attached hydrogens (tertiary/aromatic N) is 2. The number of fused-ring (bicyclic) bond motifs is 1. The standard InChI is InChI=1S/C15H23F3N4O2/c1-10(3-2-6-23)20-14(24)19-7-11-4-5-13-21-12(15(16,17)18)9-22(13)8-11/h9-11,23H,2-8H2,1H3,(H2,19,20,24). The van der Waals surface area contributed by atoms with Gasteiger partial charge in [-0.3, -0.25) is 0 Å². The van der Waals surface area contributed by atoms with E-state index in [-0.39, 0.29) is 24.6 Å². The molecule has 2 heterocycles. The summed E-state index contributed by atoms with van der Waals surface area (Å²) in [7, 11) is 0. The van der Waals surface area contributed by atoms with Gasteiger partial charge in [0, 0.05) is 38.4 Å². The van der Waals surface area contributed by atoms with Crippen molar-refractivity contribution in [1.29, 1.82) is 0 Å². The number of nitrogens with one attached hydrogen (secondary N) is 2. The molecular formula is C15H23F3N4O2. The summed E-state index contributed by atoms with van der Waals surface area (Å²) < 4.78 is 39.6. The number of hydrogen-bond donors (Lipinski definition) is 3. The smallest absolute Gasteiger partial charge is 0.396 e. The fourth-order valence-corrected chi connectivity index (χ4v) is 2.80. The number of aliphatic hydroxyl groups is 1. The third-order valence-corrected chi connectivity index (χ3v) is 4.10. The summed E-state index contributed by atoms with van der Waals surface area (Å²) in [6.45, 7) is 2.76. The van der Waals surface area contributed by atoms with Crippen LogP contribution in [0.4, 0.5) is 18.0 Å². The molecule has 0 saturated heterocycles. The van der Waals surface area contributed by atoms with Gasteiger partial charge < -0.3 is 20.3 Å². The zero-order valence-electron chi connectivity index (χ0n) is 13.6. The maximum Gasteiger partial charge on any atom is 0.434 e. The van der Waals surface area contributed by atoms with Gasteiger partial charge in [0.25, 0.3) is 0 Å². The first-order valence-electron chi connectivity index (χ1n) is 8.08. The van der Waals surface area contributed by atoms with E-state index >= 15 is 0 Å². The predicted molar refractivity (Wildman–Crippen MR) is 81.4 cm³/mol. The molecular weight excluding hydrogens is 325 g/mol. The number of carbonyl (C=O) groups is 1. The van der Waals surface area contributed by atoms with Gasteiger partial charge in [-0.05, 0) is 32.1 Å². The van der Waals surface area contributed by atoms with Crippen molar-refractivity contribution in [2.24, 2.45) is 5.92 Å². The molecule has 9 heteroatoms. The molecule has 136 valence electrons. The van der Waals surface area contributed by atoms with Crippen molar-refractivity contribution in [2.45, 2.75) is 51.4 Å². The van der Waals surface area contributed by atoms with Gasteiger partial charge in [0.05, 0.1) is 0 Å². The molecule has 0 fully saturated rings. The van der Waals surface area contributed by atoms with E-state index in [9.17, 15) is 18.0 Å². The van der Waals surface area contributed by atoms with Crippen molar-refractivity contribution in [3.05, 3.63) is 17.7 Å². The predicted octanol–water partition coefficient (Wildman–Crippen LogP) is 1.92. The molecule has 0 aromatic carbocycles. The minimum Gasteiger partial charge on any atom is -0.396 e. The van der Waals surface area contributed by atoms with Gasteiger partial charge in [-0.25, -0.2) is 9.78 Å². The van der Waals surface area contributed by atoms with Crippen molar-refractivity contribution in [2.75, 3.05) is 13.2 Å². The maximum absolute atomic E-state index is 12.7. The van der Waals surface area contributed by atoms with Gasteiger partial charge in [0.2, 0.25) is 0 Å². The van der Waals surface area contributed by atoms with Crippen molar-refractivity contribution < 1.29 is 23.1 Å². The molecule has 2 unspecified atom stereocenters. The number of aromatic nitrogens is 2. The Morgan fingerprint density at radius 1 is 1.54 bits per heavy atom. The van der Waals surface area contributed by atoms with E-state index in [1.54, 1.807) is 0 Å². The number of aliphatic hydroxyl groups excluding tert-OH is 1. The van der Waals surface area contributed by atoms with Gasteiger partial charge in [0.15, 0.2) is 5.69 Å². The van der Waals surface area contributed by atoms with E-state index in [1.807, 2.05) is 6.92 Å². The molecule has 6 nitrogen and oxygen atoms in total. The SMILES string of the molecule is CC(CCCO)NC(=O)NCC1CCc2nc(C(F)(F)F)cn2C1. The van der Waals surface area contributed by atoms with Crippen LogP contribution in [-0.2, 0) is 19.1 Å². The van der Waals surface area contributed by atoms with Crippen molar-refractivity contribution in [1.82, 2.24) is 20.2 Å².